The number of hydrogen-bond donors (Lipinski definition) is 0. The fraction of sp³-hybridized carbons (Fsp3) is 0.193. The van der Waals surface area contributed by atoms with Gasteiger partial charge in [-0.25, -0.2) is 0 Å². The number of aromatic nitrogens is 1. The Labute approximate surface area is 356 Å². The Morgan fingerprint density at radius 3 is 2.08 bits per heavy atom. The third-order valence-electron chi connectivity index (χ3n) is 14.2. The number of fused-ring (bicyclic) bond motifs is 11. The van der Waals surface area contributed by atoms with E-state index in [9.17, 15) is 0 Å². The zero-order valence-electron chi connectivity index (χ0n) is 34.6. The van der Waals surface area contributed by atoms with Crippen LogP contribution in [0.5, 0.6) is 0 Å². The van der Waals surface area contributed by atoms with Gasteiger partial charge in [-0.2, -0.15) is 0 Å². The number of rotatable bonds is 6. The van der Waals surface area contributed by atoms with Gasteiger partial charge in [0, 0.05) is 59.8 Å². The average Bonchev–Trinajstić information content (AvgIpc) is 3.93. The first kappa shape index (κ1) is 35.8. The molecule has 0 spiro atoms. The highest BCUT2D eigenvalue weighted by Gasteiger charge is 2.43. The molecule has 2 aliphatic rings. The minimum atomic E-state index is -0.348. The lowest BCUT2D eigenvalue weighted by molar-refractivity contribution is 0.443. The quantitative estimate of drug-likeness (QED) is 0.163. The molecule has 10 aromatic rings. The summed E-state index contributed by atoms with van der Waals surface area (Å²) in [6, 6.07) is 63.0. The van der Waals surface area contributed by atoms with E-state index in [-0.39, 0.29) is 5.41 Å². The van der Waals surface area contributed by atoms with Crippen molar-refractivity contribution in [2.24, 2.45) is 0 Å². The largest absolute Gasteiger partial charge is 0.338 e. The third kappa shape index (κ3) is 5.18. The zero-order valence-corrected chi connectivity index (χ0v) is 35.4. The number of hydrogen-bond acceptors (Lipinski definition) is 2. The number of thiophene rings is 1. The van der Waals surface area contributed by atoms with Crippen LogP contribution in [0.1, 0.15) is 87.1 Å². The van der Waals surface area contributed by atoms with Gasteiger partial charge in [-0.15, -0.1) is 11.3 Å². The van der Waals surface area contributed by atoms with Gasteiger partial charge in [-0.1, -0.05) is 141 Å². The van der Waals surface area contributed by atoms with Gasteiger partial charge in [0.1, 0.15) is 0 Å². The van der Waals surface area contributed by atoms with E-state index in [2.05, 4.69) is 194 Å². The predicted molar refractivity (Wildman–Crippen MR) is 258 cm³/mol. The average molecular weight is 793 g/mol. The summed E-state index contributed by atoms with van der Waals surface area (Å²) in [4.78, 5) is 2.60. The first-order valence-corrected chi connectivity index (χ1v) is 22.8. The molecule has 2 nitrogen and oxygen atoms in total. The van der Waals surface area contributed by atoms with Crippen LogP contribution in [0.4, 0.5) is 17.1 Å². The lowest BCUT2D eigenvalue weighted by atomic mass is 9.73. The molecule has 2 aliphatic carbocycles. The van der Waals surface area contributed by atoms with Gasteiger partial charge in [-0.05, 0) is 121 Å². The monoisotopic (exact) mass is 792 g/mol. The van der Waals surface area contributed by atoms with Crippen molar-refractivity contribution in [1.82, 2.24) is 4.57 Å². The van der Waals surface area contributed by atoms with Gasteiger partial charge < -0.3 is 9.47 Å². The first-order chi connectivity index (χ1) is 29.5. The Balaban J connectivity index is 1.18. The van der Waals surface area contributed by atoms with E-state index in [0.717, 1.165) is 0 Å². The smallest absolute Gasteiger partial charge is 0.0640 e. The Morgan fingerprint density at radius 2 is 1.27 bits per heavy atom. The molecule has 3 heteroatoms. The maximum absolute atomic E-state index is 2.61. The van der Waals surface area contributed by atoms with Crippen molar-refractivity contribution >= 4 is 81.1 Å². The van der Waals surface area contributed by atoms with Gasteiger partial charge in [0.25, 0.3) is 0 Å². The van der Waals surface area contributed by atoms with Gasteiger partial charge in [0.15, 0.2) is 0 Å². The SMILES string of the molecule is CC(C)n1c2ccccc2c2cc(N(c3cc4c(c5ccccc35)-c3ccc(C5CCCCC5)cc3C4(C)c3ccccc3)c3cccc4c3sc3ccccc34)ccc21. The normalized spacial score (nSPS) is 16.7. The molecule has 0 bridgehead atoms. The molecule has 2 heterocycles. The molecule has 8 aromatic carbocycles. The number of anilines is 3. The number of benzene rings is 8. The van der Waals surface area contributed by atoms with E-state index in [0.29, 0.717) is 12.0 Å². The summed E-state index contributed by atoms with van der Waals surface area (Å²) in [6.07, 6.45) is 6.61. The van der Waals surface area contributed by atoms with E-state index >= 15 is 0 Å². The molecule has 1 atom stereocenters. The molecule has 0 saturated heterocycles. The molecule has 0 radical (unpaired) electrons. The summed E-state index contributed by atoms with van der Waals surface area (Å²) in [5.41, 5.74) is 14.2. The standard InChI is InChI=1S/C57H48N2S/c1-36(2)58-50-26-14-12-22-42(50)47-34-40(30-32-51(47)58)59(52-27-16-25-45-43-23-13-15-28-54(43)60-56(45)52)53-35-49-55(44-24-11-10-21-41(44)53)46-31-29-38(37-17-6-4-7-18-37)33-48(46)57(49,3)39-19-8-5-9-20-39/h5,8-16,19-37H,4,6-7,17-18H2,1-3H3. The first-order valence-electron chi connectivity index (χ1n) is 22.0. The van der Waals surface area contributed by atoms with Crippen molar-refractivity contribution in [1.29, 1.82) is 0 Å². The second-order valence-corrected chi connectivity index (χ2v) is 18.8. The van der Waals surface area contributed by atoms with Crippen LogP contribution >= 0.6 is 11.3 Å². The van der Waals surface area contributed by atoms with Gasteiger partial charge in [0.05, 0.1) is 16.1 Å². The Hall–Kier alpha value is -6.16. The Kier molecular flexibility index (Phi) is 8.16. The van der Waals surface area contributed by atoms with Crippen LogP contribution in [0.15, 0.2) is 164 Å². The summed E-state index contributed by atoms with van der Waals surface area (Å²) >= 11 is 1.91. The summed E-state index contributed by atoms with van der Waals surface area (Å²) in [5.74, 6) is 0.633. The van der Waals surface area contributed by atoms with E-state index in [1.165, 1.54) is 135 Å². The van der Waals surface area contributed by atoms with Crippen LogP contribution in [-0.4, -0.2) is 4.57 Å². The Morgan fingerprint density at radius 1 is 0.567 bits per heavy atom. The maximum Gasteiger partial charge on any atom is 0.0640 e. The highest BCUT2D eigenvalue weighted by atomic mass is 32.1. The lowest BCUT2D eigenvalue weighted by Gasteiger charge is -2.32. The summed E-state index contributed by atoms with van der Waals surface area (Å²) < 4.78 is 5.12. The summed E-state index contributed by atoms with van der Waals surface area (Å²) in [7, 11) is 0. The molecule has 2 aromatic heterocycles. The molecule has 0 N–H and O–H groups in total. The van der Waals surface area contributed by atoms with Gasteiger partial charge in [0.2, 0.25) is 0 Å². The van der Waals surface area contributed by atoms with Crippen molar-refractivity contribution in [3.05, 3.63) is 186 Å². The van der Waals surface area contributed by atoms with Crippen molar-refractivity contribution in [2.45, 2.75) is 70.3 Å². The highest BCUT2D eigenvalue weighted by molar-refractivity contribution is 7.26. The van der Waals surface area contributed by atoms with Crippen molar-refractivity contribution in [2.75, 3.05) is 4.90 Å². The molecular formula is C57H48N2S. The number of para-hydroxylation sites is 1. The third-order valence-corrected chi connectivity index (χ3v) is 15.4. The lowest BCUT2D eigenvalue weighted by Crippen LogP contribution is -2.23. The van der Waals surface area contributed by atoms with Crippen LogP contribution in [0.25, 0.3) is 63.9 Å². The van der Waals surface area contributed by atoms with E-state index in [4.69, 9.17) is 0 Å². The molecule has 1 unspecified atom stereocenters. The second-order valence-electron chi connectivity index (χ2n) is 17.8. The minimum absolute atomic E-state index is 0.332. The van der Waals surface area contributed by atoms with Crippen LogP contribution in [-0.2, 0) is 5.41 Å². The van der Waals surface area contributed by atoms with Crippen molar-refractivity contribution < 1.29 is 0 Å². The molecule has 292 valence electrons. The predicted octanol–water partition coefficient (Wildman–Crippen LogP) is 16.7. The van der Waals surface area contributed by atoms with Crippen LogP contribution in [0, 0.1) is 0 Å². The fourth-order valence-corrected chi connectivity index (χ4v) is 12.5. The number of nitrogens with zero attached hydrogens (tertiary/aromatic N) is 2. The van der Waals surface area contributed by atoms with Gasteiger partial charge >= 0.3 is 0 Å². The van der Waals surface area contributed by atoms with E-state index in [1.807, 2.05) is 11.3 Å². The summed E-state index contributed by atoms with van der Waals surface area (Å²) in [5, 5.41) is 7.77. The van der Waals surface area contributed by atoms with E-state index in [1.54, 1.807) is 0 Å². The molecule has 12 rings (SSSR count). The Bertz CT molecular complexity index is 3310. The molecule has 0 amide bonds. The molecule has 0 aliphatic heterocycles. The van der Waals surface area contributed by atoms with Crippen molar-refractivity contribution in [3.63, 3.8) is 0 Å². The molecule has 60 heavy (non-hydrogen) atoms. The highest BCUT2D eigenvalue weighted by Crippen LogP contribution is 2.58. The fourth-order valence-electron chi connectivity index (χ4n) is 11.3. The van der Waals surface area contributed by atoms with Crippen LogP contribution < -0.4 is 4.90 Å². The minimum Gasteiger partial charge on any atom is -0.338 e. The maximum atomic E-state index is 2.61. The second kappa shape index (κ2) is 13.7. The van der Waals surface area contributed by atoms with Crippen LogP contribution in [0.3, 0.4) is 0 Å². The molecule has 1 saturated carbocycles. The van der Waals surface area contributed by atoms with E-state index < -0.39 is 0 Å². The van der Waals surface area contributed by atoms with Gasteiger partial charge in [-0.3, -0.25) is 0 Å². The van der Waals surface area contributed by atoms with Crippen LogP contribution in [0.2, 0.25) is 0 Å². The molecule has 1 fully saturated rings. The van der Waals surface area contributed by atoms with Crippen molar-refractivity contribution in [3.8, 4) is 11.1 Å². The summed E-state index contributed by atoms with van der Waals surface area (Å²) in [6.45, 7) is 7.09. The molecular weight excluding hydrogens is 745 g/mol. The zero-order chi connectivity index (χ0) is 40.1. The topological polar surface area (TPSA) is 8.17 Å².